The van der Waals surface area contributed by atoms with Gasteiger partial charge in [-0.1, -0.05) is 12.2 Å². The monoisotopic (exact) mass is 374 g/mol. The molecule has 1 aromatic rings. The zero-order valence-electron chi connectivity index (χ0n) is 15.9. The van der Waals surface area contributed by atoms with Crippen molar-refractivity contribution in [1.29, 1.82) is 0 Å². The molecule has 27 heavy (non-hydrogen) atoms. The smallest absolute Gasteiger partial charge is 0.220 e. The van der Waals surface area contributed by atoms with Gasteiger partial charge in [0.1, 0.15) is 0 Å². The van der Waals surface area contributed by atoms with Crippen molar-refractivity contribution < 1.29 is 9.53 Å². The van der Waals surface area contributed by atoms with Gasteiger partial charge >= 0.3 is 0 Å². The van der Waals surface area contributed by atoms with Crippen LogP contribution in [-0.2, 0) is 22.6 Å². The lowest BCUT2D eigenvalue weighted by Gasteiger charge is -2.25. The van der Waals surface area contributed by atoms with E-state index in [1.54, 1.807) is 0 Å². The second kappa shape index (κ2) is 8.93. The second-order valence-electron chi connectivity index (χ2n) is 7.99. The average molecular weight is 374 g/mol. The van der Waals surface area contributed by atoms with E-state index in [4.69, 9.17) is 4.74 Å². The molecule has 2 heterocycles. The van der Waals surface area contributed by atoms with Crippen molar-refractivity contribution in [1.82, 2.24) is 30.4 Å². The number of amides is 1. The van der Waals surface area contributed by atoms with Crippen LogP contribution in [0.3, 0.4) is 0 Å². The van der Waals surface area contributed by atoms with Crippen LogP contribution in [0.4, 0.5) is 0 Å². The number of aromatic nitrogens is 4. The zero-order valence-corrected chi connectivity index (χ0v) is 15.9. The summed E-state index contributed by atoms with van der Waals surface area (Å²) in [5.41, 5.74) is 0. The molecule has 2 bridgehead atoms. The third-order valence-electron chi connectivity index (χ3n) is 6.10. The molecule has 1 saturated carbocycles. The number of tetrazole rings is 1. The van der Waals surface area contributed by atoms with Gasteiger partial charge in [0.05, 0.1) is 19.8 Å². The van der Waals surface area contributed by atoms with Crippen molar-refractivity contribution in [3.63, 3.8) is 0 Å². The van der Waals surface area contributed by atoms with Gasteiger partial charge in [0, 0.05) is 32.6 Å². The lowest BCUT2D eigenvalue weighted by Crippen LogP contribution is -2.36. The van der Waals surface area contributed by atoms with Crippen LogP contribution < -0.4 is 5.32 Å². The van der Waals surface area contributed by atoms with Crippen LogP contribution in [-0.4, -0.2) is 63.9 Å². The van der Waals surface area contributed by atoms with Crippen LogP contribution in [0.5, 0.6) is 0 Å². The van der Waals surface area contributed by atoms with E-state index in [1.165, 1.54) is 12.8 Å². The van der Waals surface area contributed by atoms with Crippen molar-refractivity contribution >= 4 is 5.91 Å². The van der Waals surface area contributed by atoms with Gasteiger partial charge in [-0.2, -0.15) is 0 Å². The highest BCUT2D eigenvalue weighted by molar-refractivity contribution is 5.75. The summed E-state index contributed by atoms with van der Waals surface area (Å²) in [6.07, 6.45) is 9.76. The minimum absolute atomic E-state index is 0.136. The van der Waals surface area contributed by atoms with Crippen LogP contribution in [0.25, 0.3) is 0 Å². The first kappa shape index (κ1) is 18.6. The number of rotatable bonds is 9. The molecule has 3 atom stereocenters. The normalized spacial score (nSPS) is 27.3. The van der Waals surface area contributed by atoms with E-state index in [0.717, 1.165) is 75.8 Å². The molecule has 4 rings (SSSR count). The molecule has 0 spiro atoms. The van der Waals surface area contributed by atoms with E-state index in [-0.39, 0.29) is 5.91 Å². The summed E-state index contributed by atoms with van der Waals surface area (Å²) in [6.45, 7) is 5.56. The summed E-state index contributed by atoms with van der Waals surface area (Å²) in [6, 6.07) is 0. The molecule has 1 aliphatic heterocycles. The number of nitrogens with zero attached hydrogens (tertiary/aromatic N) is 5. The lowest BCUT2D eigenvalue weighted by molar-refractivity contribution is -0.121. The predicted molar refractivity (Wildman–Crippen MR) is 99.6 cm³/mol. The van der Waals surface area contributed by atoms with Gasteiger partial charge in [-0.15, -0.1) is 5.10 Å². The van der Waals surface area contributed by atoms with Crippen molar-refractivity contribution in [2.75, 3.05) is 32.8 Å². The minimum Gasteiger partial charge on any atom is -0.379 e. The van der Waals surface area contributed by atoms with Crippen LogP contribution >= 0.6 is 0 Å². The van der Waals surface area contributed by atoms with Crippen molar-refractivity contribution in [2.24, 2.45) is 17.8 Å². The highest BCUT2D eigenvalue weighted by Gasteiger charge is 2.34. The summed E-state index contributed by atoms with van der Waals surface area (Å²) in [5, 5.41) is 15.1. The fourth-order valence-corrected chi connectivity index (χ4v) is 4.57. The molecule has 0 radical (unpaired) electrons. The van der Waals surface area contributed by atoms with Gasteiger partial charge in [0.15, 0.2) is 5.82 Å². The molecule has 2 aliphatic carbocycles. The van der Waals surface area contributed by atoms with E-state index in [0.29, 0.717) is 13.0 Å². The van der Waals surface area contributed by atoms with Crippen LogP contribution in [0.15, 0.2) is 12.2 Å². The maximum Gasteiger partial charge on any atom is 0.220 e. The Labute approximate surface area is 160 Å². The first-order chi connectivity index (χ1) is 13.3. The van der Waals surface area contributed by atoms with Gasteiger partial charge in [-0.05, 0) is 53.9 Å². The summed E-state index contributed by atoms with van der Waals surface area (Å²) in [5.74, 6) is 3.33. The molecule has 1 amide bonds. The topological polar surface area (TPSA) is 85.2 Å². The molecule has 2 fully saturated rings. The molecule has 0 unspecified atom stereocenters. The van der Waals surface area contributed by atoms with Gasteiger partial charge in [-0.25, -0.2) is 4.68 Å². The number of fused-ring (bicyclic) bond motifs is 2. The van der Waals surface area contributed by atoms with Crippen molar-refractivity contribution in [3.05, 3.63) is 18.0 Å². The van der Waals surface area contributed by atoms with E-state index in [1.807, 2.05) is 4.68 Å². The standard InChI is InChI=1S/C19H30N6O2/c26-19(20-6-5-17-13-15-3-4-16(17)12-15)2-1-7-25-18(21-22-23-25)14-24-8-10-27-11-9-24/h3-4,15-17H,1-2,5-14H2,(H,20,26)/t15-,16+,17-/m1/s1. The van der Waals surface area contributed by atoms with Gasteiger partial charge in [0.25, 0.3) is 0 Å². The Kier molecular flexibility index (Phi) is 6.14. The van der Waals surface area contributed by atoms with E-state index in [2.05, 4.69) is 37.9 Å². The molecule has 148 valence electrons. The lowest BCUT2D eigenvalue weighted by atomic mass is 9.91. The van der Waals surface area contributed by atoms with Crippen LogP contribution in [0.1, 0.15) is 37.9 Å². The van der Waals surface area contributed by atoms with E-state index < -0.39 is 0 Å². The Morgan fingerprint density at radius 3 is 2.93 bits per heavy atom. The molecule has 1 saturated heterocycles. The van der Waals surface area contributed by atoms with Crippen LogP contribution in [0, 0.1) is 17.8 Å². The van der Waals surface area contributed by atoms with E-state index in [9.17, 15) is 4.79 Å². The molecular weight excluding hydrogens is 344 g/mol. The molecule has 1 N–H and O–H groups in total. The third-order valence-corrected chi connectivity index (χ3v) is 6.10. The number of carbonyl (C=O) groups excluding carboxylic acids is 1. The van der Waals surface area contributed by atoms with Crippen molar-refractivity contribution in [3.8, 4) is 0 Å². The molecular formula is C19H30N6O2. The number of carbonyl (C=O) groups is 1. The average Bonchev–Trinajstić information content (AvgIpc) is 3.40. The molecule has 1 aromatic heterocycles. The Bertz CT molecular complexity index is 654. The zero-order chi connectivity index (χ0) is 18.5. The highest BCUT2D eigenvalue weighted by atomic mass is 16.5. The Morgan fingerprint density at radius 2 is 2.15 bits per heavy atom. The van der Waals surface area contributed by atoms with Crippen molar-refractivity contribution in [2.45, 2.75) is 45.2 Å². The fourth-order valence-electron chi connectivity index (χ4n) is 4.57. The Morgan fingerprint density at radius 1 is 1.26 bits per heavy atom. The second-order valence-corrected chi connectivity index (χ2v) is 7.99. The molecule has 8 nitrogen and oxygen atoms in total. The number of nitrogens with one attached hydrogen (secondary N) is 1. The molecule has 0 aromatic carbocycles. The number of aryl methyl sites for hydroxylation is 1. The van der Waals surface area contributed by atoms with Crippen LogP contribution in [0.2, 0.25) is 0 Å². The summed E-state index contributed by atoms with van der Waals surface area (Å²) < 4.78 is 7.20. The van der Waals surface area contributed by atoms with E-state index >= 15 is 0 Å². The predicted octanol–water partition coefficient (Wildman–Crippen LogP) is 1.00. The maximum absolute atomic E-state index is 12.1. The number of hydrogen-bond acceptors (Lipinski definition) is 6. The Hall–Kier alpha value is -1.80. The molecule has 3 aliphatic rings. The fraction of sp³-hybridized carbons (Fsp3) is 0.789. The summed E-state index contributed by atoms with van der Waals surface area (Å²) >= 11 is 0. The third kappa shape index (κ3) is 4.93. The van der Waals surface area contributed by atoms with Gasteiger partial charge in [-0.3, -0.25) is 9.69 Å². The Balaban J connectivity index is 1.12. The maximum atomic E-state index is 12.1. The number of allylic oxidation sites excluding steroid dienone is 2. The first-order valence-corrected chi connectivity index (χ1v) is 10.3. The SMILES string of the molecule is O=C(CCCn1nnnc1CN1CCOCC1)NCC[C@@H]1C[C@@H]2C=C[C@H]1C2. The number of morpholine rings is 1. The number of hydrogen-bond donors (Lipinski definition) is 1. The summed E-state index contributed by atoms with van der Waals surface area (Å²) in [7, 11) is 0. The molecule has 8 heteroatoms. The first-order valence-electron chi connectivity index (χ1n) is 10.3. The highest BCUT2D eigenvalue weighted by Crippen LogP contribution is 2.44. The number of ether oxygens (including phenoxy) is 1. The quantitative estimate of drug-likeness (QED) is 0.649. The minimum atomic E-state index is 0.136. The summed E-state index contributed by atoms with van der Waals surface area (Å²) in [4.78, 5) is 14.4. The van der Waals surface area contributed by atoms with Gasteiger partial charge in [0.2, 0.25) is 5.91 Å². The van der Waals surface area contributed by atoms with Gasteiger partial charge < -0.3 is 10.1 Å². The largest absolute Gasteiger partial charge is 0.379 e.